The largest absolute Gasteiger partial charge is 0.490 e. The van der Waals surface area contributed by atoms with Crippen LogP contribution in [0.2, 0.25) is 0 Å². The Morgan fingerprint density at radius 1 is 1.15 bits per heavy atom. The van der Waals surface area contributed by atoms with Crippen molar-refractivity contribution in [2.45, 2.75) is 19.8 Å². The molecular formula is C15H21N3O2. The average molecular weight is 275 g/mol. The molecule has 2 aromatic rings. The highest BCUT2D eigenvalue weighted by Gasteiger charge is 2.13. The zero-order valence-corrected chi connectivity index (χ0v) is 12.0. The van der Waals surface area contributed by atoms with Gasteiger partial charge in [0.2, 0.25) is 5.88 Å². The van der Waals surface area contributed by atoms with E-state index in [1.807, 2.05) is 37.4 Å². The van der Waals surface area contributed by atoms with Crippen LogP contribution in [0.5, 0.6) is 11.6 Å². The fourth-order valence-corrected chi connectivity index (χ4v) is 1.99. The lowest BCUT2D eigenvalue weighted by Gasteiger charge is -2.08. The van der Waals surface area contributed by atoms with E-state index in [9.17, 15) is 0 Å². The predicted molar refractivity (Wildman–Crippen MR) is 79.0 cm³/mol. The molecule has 0 aliphatic rings. The number of hydrogen-bond donors (Lipinski definition) is 1. The first-order valence-electron chi connectivity index (χ1n) is 6.84. The maximum absolute atomic E-state index is 6.03. The van der Waals surface area contributed by atoms with E-state index in [1.54, 1.807) is 4.68 Å². The maximum Gasteiger partial charge on any atom is 0.235 e. The Morgan fingerprint density at radius 2 is 1.85 bits per heavy atom. The number of para-hydroxylation sites is 1. The normalized spacial score (nSPS) is 10.5. The van der Waals surface area contributed by atoms with Crippen LogP contribution in [-0.2, 0) is 13.5 Å². The van der Waals surface area contributed by atoms with Crippen LogP contribution in [0.1, 0.15) is 19.0 Å². The van der Waals surface area contributed by atoms with E-state index in [2.05, 4.69) is 12.0 Å². The van der Waals surface area contributed by atoms with Crippen LogP contribution in [0.3, 0.4) is 0 Å². The first-order valence-corrected chi connectivity index (χ1v) is 6.84. The molecule has 1 aromatic carbocycles. The van der Waals surface area contributed by atoms with E-state index >= 15 is 0 Å². The summed E-state index contributed by atoms with van der Waals surface area (Å²) in [6.07, 6.45) is 1.88. The topological polar surface area (TPSA) is 62.3 Å². The summed E-state index contributed by atoms with van der Waals surface area (Å²) in [6, 6.07) is 9.66. The van der Waals surface area contributed by atoms with Gasteiger partial charge in [-0.2, -0.15) is 5.10 Å². The van der Waals surface area contributed by atoms with Crippen molar-refractivity contribution in [3.8, 4) is 11.6 Å². The standard InChI is InChI=1S/C15H21N3O2/c1-3-7-13-14(16)15(18(2)17-13)20-11-10-19-12-8-5-4-6-9-12/h4-6,8-9H,3,7,10-11,16H2,1-2H3. The maximum atomic E-state index is 6.03. The zero-order chi connectivity index (χ0) is 14.4. The van der Waals surface area contributed by atoms with Gasteiger partial charge >= 0.3 is 0 Å². The number of nitrogen functional groups attached to an aromatic ring is 1. The molecule has 108 valence electrons. The van der Waals surface area contributed by atoms with Crippen molar-refractivity contribution in [2.75, 3.05) is 18.9 Å². The molecule has 5 nitrogen and oxygen atoms in total. The Hall–Kier alpha value is -2.17. The first-order chi connectivity index (χ1) is 9.72. The van der Waals surface area contributed by atoms with E-state index in [1.165, 1.54) is 0 Å². The van der Waals surface area contributed by atoms with Gasteiger partial charge in [-0.25, -0.2) is 4.68 Å². The second-order valence-corrected chi connectivity index (χ2v) is 4.55. The van der Waals surface area contributed by atoms with Gasteiger partial charge in [0.05, 0.1) is 5.69 Å². The number of rotatable bonds is 7. The molecule has 0 aliphatic heterocycles. The van der Waals surface area contributed by atoms with Crippen molar-refractivity contribution in [1.29, 1.82) is 0 Å². The van der Waals surface area contributed by atoms with Crippen molar-refractivity contribution in [3.05, 3.63) is 36.0 Å². The summed E-state index contributed by atoms with van der Waals surface area (Å²) < 4.78 is 12.9. The second kappa shape index (κ2) is 6.84. The third kappa shape index (κ3) is 3.44. The molecule has 0 bridgehead atoms. The number of nitrogens with two attached hydrogens (primary N) is 1. The zero-order valence-electron chi connectivity index (χ0n) is 12.0. The summed E-state index contributed by atoms with van der Waals surface area (Å²) in [5.41, 5.74) is 7.57. The Kier molecular flexibility index (Phi) is 4.87. The molecule has 1 aromatic heterocycles. The number of aromatic nitrogens is 2. The highest BCUT2D eigenvalue weighted by atomic mass is 16.5. The van der Waals surface area contributed by atoms with Crippen LogP contribution in [0.4, 0.5) is 5.69 Å². The minimum atomic E-state index is 0.435. The van der Waals surface area contributed by atoms with E-state index in [-0.39, 0.29) is 0 Å². The molecule has 0 spiro atoms. The van der Waals surface area contributed by atoms with Crippen molar-refractivity contribution in [1.82, 2.24) is 9.78 Å². The average Bonchev–Trinajstić information content (AvgIpc) is 2.72. The molecule has 2 N–H and O–H groups in total. The number of nitrogens with zero attached hydrogens (tertiary/aromatic N) is 2. The fraction of sp³-hybridized carbons (Fsp3) is 0.400. The van der Waals surface area contributed by atoms with E-state index < -0.39 is 0 Å². The minimum absolute atomic E-state index is 0.435. The lowest BCUT2D eigenvalue weighted by atomic mass is 10.2. The summed E-state index contributed by atoms with van der Waals surface area (Å²) in [6.45, 7) is 3.00. The van der Waals surface area contributed by atoms with Crippen molar-refractivity contribution in [2.24, 2.45) is 7.05 Å². The summed E-state index contributed by atoms with van der Waals surface area (Å²) >= 11 is 0. The van der Waals surface area contributed by atoms with Gasteiger partial charge in [-0.1, -0.05) is 31.5 Å². The molecule has 0 unspecified atom stereocenters. The van der Waals surface area contributed by atoms with Gasteiger partial charge in [-0.05, 0) is 18.6 Å². The molecular weight excluding hydrogens is 254 g/mol. The highest BCUT2D eigenvalue weighted by molar-refractivity contribution is 5.53. The number of benzene rings is 1. The Balaban J connectivity index is 1.85. The molecule has 1 heterocycles. The van der Waals surface area contributed by atoms with Gasteiger partial charge in [0.1, 0.15) is 24.7 Å². The van der Waals surface area contributed by atoms with Gasteiger partial charge in [0.25, 0.3) is 0 Å². The monoisotopic (exact) mass is 275 g/mol. The number of aryl methyl sites for hydroxylation is 2. The van der Waals surface area contributed by atoms with Crippen LogP contribution in [-0.4, -0.2) is 23.0 Å². The summed E-state index contributed by atoms with van der Waals surface area (Å²) in [4.78, 5) is 0. The number of anilines is 1. The lowest BCUT2D eigenvalue weighted by Crippen LogP contribution is -2.11. The van der Waals surface area contributed by atoms with Crippen LogP contribution in [0.25, 0.3) is 0 Å². The van der Waals surface area contributed by atoms with E-state index in [0.29, 0.717) is 24.8 Å². The van der Waals surface area contributed by atoms with Crippen LogP contribution < -0.4 is 15.2 Å². The van der Waals surface area contributed by atoms with Crippen LogP contribution >= 0.6 is 0 Å². The molecule has 0 aliphatic carbocycles. The highest BCUT2D eigenvalue weighted by Crippen LogP contribution is 2.25. The Bertz CT molecular complexity index is 538. The molecule has 0 saturated heterocycles. The van der Waals surface area contributed by atoms with Gasteiger partial charge in [-0.15, -0.1) is 0 Å². The quantitative estimate of drug-likeness (QED) is 0.788. The Labute approximate surface area is 119 Å². The third-order valence-corrected chi connectivity index (χ3v) is 2.93. The summed E-state index contributed by atoms with van der Waals surface area (Å²) in [7, 11) is 1.84. The van der Waals surface area contributed by atoms with Gasteiger partial charge in [0, 0.05) is 7.05 Å². The van der Waals surface area contributed by atoms with E-state index in [4.69, 9.17) is 15.2 Å². The fourth-order valence-electron chi connectivity index (χ4n) is 1.99. The van der Waals surface area contributed by atoms with Crippen molar-refractivity contribution >= 4 is 5.69 Å². The molecule has 0 amide bonds. The lowest BCUT2D eigenvalue weighted by molar-refractivity contribution is 0.207. The van der Waals surface area contributed by atoms with Crippen LogP contribution in [0.15, 0.2) is 30.3 Å². The van der Waals surface area contributed by atoms with Crippen LogP contribution in [0, 0.1) is 0 Å². The van der Waals surface area contributed by atoms with Crippen molar-refractivity contribution < 1.29 is 9.47 Å². The molecule has 20 heavy (non-hydrogen) atoms. The second-order valence-electron chi connectivity index (χ2n) is 4.55. The van der Waals surface area contributed by atoms with Gasteiger partial charge in [0.15, 0.2) is 0 Å². The smallest absolute Gasteiger partial charge is 0.235 e. The summed E-state index contributed by atoms with van der Waals surface area (Å²) in [5.74, 6) is 1.45. The molecule has 5 heteroatoms. The SMILES string of the molecule is CCCc1nn(C)c(OCCOc2ccccc2)c1N. The molecule has 0 atom stereocenters. The van der Waals surface area contributed by atoms with Crippen molar-refractivity contribution in [3.63, 3.8) is 0 Å². The Morgan fingerprint density at radius 3 is 2.55 bits per heavy atom. The molecule has 2 rings (SSSR count). The first kappa shape index (κ1) is 14.2. The van der Waals surface area contributed by atoms with Gasteiger partial charge < -0.3 is 15.2 Å². The number of ether oxygens (including phenoxy) is 2. The van der Waals surface area contributed by atoms with E-state index in [0.717, 1.165) is 24.3 Å². The molecule has 0 radical (unpaired) electrons. The third-order valence-electron chi connectivity index (χ3n) is 2.93. The minimum Gasteiger partial charge on any atom is -0.490 e. The molecule has 0 saturated carbocycles. The predicted octanol–water partition coefficient (Wildman–Crippen LogP) is 2.41. The summed E-state index contributed by atoms with van der Waals surface area (Å²) in [5, 5.41) is 4.36. The number of hydrogen-bond acceptors (Lipinski definition) is 4. The molecule has 0 fully saturated rings. The van der Waals surface area contributed by atoms with Gasteiger partial charge in [-0.3, -0.25) is 0 Å².